The van der Waals surface area contributed by atoms with Crippen molar-refractivity contribution in [3.05, 3.63) is 24.3 Å². The van der Waals surface area contributed by atoms with Gasteiger partial charge in [-0.3, -0.25) is 4.79 Å². The molecule has 7 nitrogen and oxygen atoms in total. The molecular weight excluding hydrogens is 370 g/mol. The van der Waals surface area contributed by atoms with Crippen molar-refractivity contribution < 1.29 is 19.0 Å². The van der Waals surface area contributed by atoms with Crippen molar-refractivity contribution in [1.82, 2.24) is 14.7 Å². The van der Waals surface area contributed by atoms with E-state index in [2.05, 4.69) is 16.8 Å². The van der Waals surface area contributed by atoms with Crippen molar-refractivity contribution in [3.8, 4) is 11.5 Å². The number of amides is 1. The molecule has 0 saturated carbocycles. The Bertz CT molecular complexity index is 611. The number of likely N-dealkylation sites (N-methyl/N-ethyl adjacent to an activating group) is 1. The lowest BCUT2D eigenvalue weighted by atomic mass is 10.1. The minimum atomic E-state index is 0.0612. The van der Waals surface area contributed by atoms with Crippen molar-refractivity contribution in [2.24, 2.45) is 0 Å². The summed E-state index contributed by atoms with van der Waals surface area (Å²) in [5.41, 5.74) is 0. The summed E-state index contributed by atoms with van der Waals surface area (Å²) < 4.78 is 16.4. The van der Waals surface area contributed by atoms with Gasteiger partial charge in [-0.2, -0.15) is 0 Å². The second kappa shape index (κ2) is 11.4. The van der Waals surface area contributed by atoms with E-state index in [4.69, 9.17) is 14.2 Å². The topological polar surface area (TPSA) is 54.5 Å². The summed E-state index contributed by atoms with van der Waals surface area (Å²) >= 11 is 0. The molecule has 1 aromatic rings. The molecule has 0 aliphatic carbocycles. The zero-order chi connectivity index (χ0) is 20.5. The Kier molecular flexibility index (Phi) is 8.58. The minimum absolute atomic E-state index is 0.0612. The highest BCUT2D eigenvalue weighted by Gasteiger charge is 2.26. The molecule has 162 valence electrons. The molecule has 1 aromatic carbocycles. The van der Waals surface area contributed by atoms with Crippen LogP contribution >= 0.6 is 0 Å². The zero-order valence-electron chi connectivity index (χ0n) is 17.8. The standard InChI is InChI=1S/C22H35N3O4/c1-23-12-14-24(15-13-23)10-3-11-25(19-8-16-28-17-9-19)22(26)18-29-21-6-4-20(27-2)5-7-21/h4-7,19H,3,8-18H2,1-2H3. The van der Waals surface area contributed by atoms with E-state index in [1.807, 2.05) is 29.2 Å². The smallest absolute Gasteiger partial charge is 0.260 e. The largest absolute Gasteiger partial charge is 0.497 e. The number of rotatable bonds is 9. The molecule has 0 bridgehead atoms. The first-order valence-electron chi connectivity index (χ1n) is 10.7. The van der Waals surface area contributed by atoms with Gasteiger partial charge in [0.1, 0.15) is 11.5 Å². The summed E-state index contributed by atoms with van der Waals surface area (Å²) in [4.78, 5) is 19.9. The first-order chi connectivity index (χ1) is 14.2. The maximum Gasteiger partial charge on any atom is 0.260 e. The van der Waals surface area contributed by atoms with E-state index in [-0.39, 0.29) is 18.6 Å². The van der Waals surface area contributed by atoms with Gasteiger partial charge in [0.25, 0.3) is 5.91 Å². The molecule has 2 saturated heterocycles. The van der Waals surface area contributed by atoms with E-state index < -0.39 is 0 Å². The van der Waals surface area contributed by atoms with Gasteiger partial charge in [0, 0.05) is 52.0 Å². The summed E-state index contributed by atoms with van der Waals surface area (Å²) in [5.74, 6) is 1.52. The van der Waals surface area contributed by atoms with E-state index in [9.17, 15) is 4.79 Å². The van der Waals surface area contributed by atoms with Gasteiger partial charge in [-0.1, -0.05) is 0 Å². The van der Waals surface area contributed by atoms with Gasteiger partial charge in [0.05, 0.1) is 7.11 Å². The molecule has 0 aromatic heterocycles. The average Bonchev–Trinajstić information content (AvgIpc) is 2.77. The number of nitrogens with zero attached hydrogens (tertiary/aromatic N) is 3. The van der Waals surface area contributed by atoms with Crippen molar-refractivity contribution in [2.75, 3.05) is 73.2 Å². The molecule has 7 heteroatoms. The van der Waals surface area contributed by atoms with E-state index in [1.165, 1.54) is 0 Å². The third-order valence-electron chi connectivity index (χ3n) is 5.84. The average molecular weight is 406 g/mol. The molecule has 2 aliphatic heterocycles. The zero-order valence-corrected chi connectivity index (χ0v) is 17.8. The molecule has 0 spiro atoms. The molecule has 2 aliphatic rings. The second-order valence-corrected chi connectivity index (χ2v) is 7.89. The van der Waals surface area contributed by atoms with Gasteiger partial charge in [-0.05, 0) is 57.1 Å². The quantitative estimate of drug-likeness (QED) is 0.624. The van der Waals surface area contributed by atoms with Crippen LogP contribution in [0.5, 0.6) is 11.5 Å². The number of hydrogen-bond acceptors (Lipinski definition) is 6. The lowest BCUT2D eigenvalue weighted by molar-refractivity contribution is -0.137. The van der Waals surface area contributed by atoms with Crippen molar-refractivity contribution in [3.63, 3.8) is 0 Å². The minimum Gasteiger partial charge on any atom is -0.497 e. The van der Waals surface area contributed by atoms with E-state index in [0.717, 1.165) is 77.5 Å². The third-order valence-corrected chi connectivity index (χ3v) is 5.84. The number of hydrogen-bond donors (Lipinski definition) is 0. The summed E-state index contributed by atoms with van der Waals surface area (Å²) in [6.07, 6.45) is 2.81. The number of ether oxygens (including phenoxy) is 3. The Hall–Kier alpha value is -1.83. The fourth-order valence-corrected chi connectivity index (χ4v) is 3.94. The van der Waals surface area contributed by atoms with Gasteiger partial charge in [0.15, 0.2) is 6.61 Å². The van der Waals surface area contributed by atoms with Gasteiger partial charge in [-0.25, -0.2) is 0 Å². The lowest BCUT2D eigenvalue weighted by Crippen LogP contribution is -2.48. The Morgan fingerprint density at radius 2 is 1.76 bits per heavy atom. The summed E-state index contributed by atoms with van der Waals surface area (Å²) in [6, 6.07) is 7.59. The Labute approximate surface area is 174 Å². The van der Waals surface area contributed by atoms with Crippen molar-refractivity contribution in [2.45, 2.75) is 25.3 Å². The Morgan fingerprint density at radius 3 is 2.41 bits per heavy atom. The molecule has 2 fully saturated rings. The van der Waals surface area contributed by atoms with E-state index in [0.29, 0.717) is 5.75 Å². The highest BCUT2D eigenvalue weighted by molar-refractivity contribution is 5.78. The third kappa shape index (κ3) is 6.87. The predicted octanol–water partition coefficient (Wildman–Crippen LogP) is 1.72. The van der Waals surface area contributed by atoms with Gasteiger partial charge in [0.2, 0.25) is 0 Å². The highest BCUT2D eigenvalue weighted by Crippen LogP contribution is 2.19. The number of methoxy groups -OCH3 is 1. The number of piperazine rings is 1. The number of benzene rings is 1. The molecule has 2 heterocycles. The first kappa shape index (κ1) is 21.9. The van der Waals surface area contributed by atoms with Crippen LogP contribution in [0.1, 0.15) is 19.3 Å². The monoisotopic (exact) mass is 405 g/mol. The van der Waals surface area contributed by atoms with Crippen LogP contribution in [0.25, 0.3) is 0 Å². The Morgan fingerprint density at radius 1 is 1.10 bits per heavy atom. The van der Waals surface area contributed by atoms with Crippen LogP contribution < -0.4 is 9.47 Å². The van der Waals surface area contributed by atoms with Crippen LogP contribution in [0.2, 0.25) is 0 Å². The van der Waals surface area contributed by atoms with Crippen LogP contribution in [0.15, 0.2) is 24.3 Å². The van der Waals surface area contributed by atoms with E-state index >= 15 is 0 Å². The first-order valence-corrected chi connectivity index (χ1v) is 10.7. The van der Waals surface area contributed by atoms with E-state index in [1.54, 1.807) is 7.11 Å². The molecular formula is C22H35N3O4. The molecule has 0 atom stereocenters. The highest BCUT2D eigenvalue weighted by atomic mass is 16.5. The molecule has 0 N–H and O–H groups in total. The second-order valence-electron chi connectivity index (χ2n) is 7.89. The normalized spacial score (nSPS) is 19.1. The van der Waals surface area contributed by atoms with Crippen molar-refractivity contribution >= 4 is 5.91 Å². The summed E-state index contributed by atoms with van der Waals surface area (Å²) in [5, 5.41) is 0. The SMILES string of the molecule is COc1ccc(OCC(=O)N(CCCN2CCN(C)CC2)C2CCOCC2)cc1. The lowest BCUT2D eigenvalue weighted by Gasteiger charge is -2.36. The molecule has 1 amide bonds. The molecule has 3 rings (SSSR count). The van der Waals surface area contributed by atoms with Crippen LogP contribution in [0.4, 0.5) is 0 Å². The molecule has 29 heavy (non-hydrogen) atoms. The molecule has 0 unspecified atom stereocenters. The maximum absolute atomic E-state index is 13.0. The summed E-state index contributed by atoms with van der Waals surface area (Å²) in [7, 11) is 3.80. The van der Waals surface area contributed by atoms with Crippen LogP contribution in [-0.2, 0) is 9.53 Å². The fourth-order valence-electron chi connectivity index (χ4n) is 3.94. The number of carbonyl (C=O) groups excluding carboxylic acids is 1. The molecule has 0 radical (unpaired) electrons. The maximum atomic E-state index is 13.0. The van der Waals surface area contributed by atoms with Crippen LogP contribution in [0, 0.1) is 0 Å². The van der Waals surface area contributed by atoms with Gasteiger partial charge in [-0.15, -0.1) is 0 Å². The van der Waals surface area contributed by atoms with Crippen molar-refractivity contribution in [1.29, 1.82) is 0 Å². The van der Waals surface area contributed by atoms with Gasteiger partial charge >= 0.3 is 0 Å². The fraction of sp³-hybridized carbons (Fsp3) is 0.682. The van der Waals surface area contributed by atoms with Crippen LogP contribution in [0.3, 0.4) is 0 Å². The predicted molar refractivity (Wildman–Crippen MR) is 113 cm³/mol. The Balaban J connectivity index is 1.50. The van der Waals surface area contributed by atoms with Gasteiger partial charge < -0.3 is 28.9 Å². The number of carbonyl (C=O) groups is 1. The summed E-state index contributed by atoms with van der Waals surface area (Å²) in [6.45, 7) is 7.82. The van der Waals surface area contributed by atoms with Crippen LogP contribution in [-0.4, -0.2) is 99.9 Å².